The number of ether oxygens (including phenoxy) is 2. The third-order valence-electron chi connectivity index (χ3n) is 1.80. The maximum Gasteiger partial charge on any atom is 0.318 e. The standard InChI is InChI=1S/C8H15N3O4/c9-8(13)11-7(12)5-14-4-6-3-10-1-2-15-6/h6,10H,1-5H2,(H3,9,11,12,13). The predicted molar refractivity (Wildman–Crippen MR) is 51.2 cm³/mol. The topological polar surface area (TPSA) is 103 Å². The van der Waals surface area contributed by atoms with Crippen LogP contribution in [0.5, 0.6) is 0 Å². The van der Waals surface area contributed by atoms with E-state index in [4.69, 9.17) is 15.2 Å². The van der Waals surface area contributed by atoms with Crippen LogP contribution in [0.4, 0.5) is 4.79 Å². The number of hydrogen-bond acceptors (Lipinski definition) is 5. The van der Waals surface area contributed by atoms with Crippen molar-refractivity contribution in [2.24, 2.45) is 5.73 Å². The third-order valence-corrected chi connectivity index (χ3v) is 1.80. The van der Waals surface area contributed by atoms with E-state index in [9.17, 15) is 9.59 Å². The highest BCUT2D eigenvalue weighted by Gasteiger charge is 2.14. The van der Waals surface area contributed by atoms with Gasteiger partial charge in [0, 0.05) is 13.1 Å². The molecular weight excluding hydrogens is 202 g/mol. The van der Waals surface area contributed by atoms with E-state index in [1.54, 1.807) is 0 Å². The first-order valence-electron chi connectivity index (χ1n) is 4.68. The molecule has 7 heteroatoms. The molecule has 1 saturated heterocycles. The molecule has 1 rings (SSSR count). The van der Waals surface area contributed by atoms with Gasteiger partial charge in [0.25, 0.3) is 5.91 Å². The van der Waals surface area contributed by atoms with Crippen molar-refractivity contribution >= 4 is 11.9 Å². The van der Waals surface area contributed by atoms with E-state index in [2.05, 4.69) is 5.32 Å². The Kier molecular flexibility index (Phi) is 5.02. The second kappa shape index (κ2) is 6.33. The molecule has 1 unspecified atom stereocenters. The molecule has 1 aliphatic rings. The van der Waals surface area contributed by atoms with Crippen LogP contribution in [0, 0.1) is 0 Å². The van der Waals surface area contributed by atoms with E-state index >= 15 is 0 Å². The molecule has 1 fully saturated rings. The molecule has 0 aliphatic carbocycles. The maximum absolute atomic E-state index is 10.9. The SMILES string of the molecule is NC(=O)NC(=O)COCC1CNCCO1. The van der Waals surface area contributed by atoms with Crippen molar-refractivity contribution in [3.8, 4) is 0 Å². The number of nitrogens with two attached hydrogens (primary N) is 1. The van der Waals surface area contributed by atoms with Crippen molar-refractivity contribution in [2.75, 3.05) is 32.9 Å². The molecule has 15 heavy (non-hydrogen) atoms. The van der Waals surface area contributed by atoms with Crippen LogP contribution in [0.3, 0.4) is 0 Å². The molecule has 1 aliphatic heterocycles. The van der Waals surface area contributed by atoms with Crippen molar-refractivity contribution in [1.29, 1.82) is 0 Å². The molecule has 1 atom stereocenters. The van der Waals surface area contributed by atoms with Crippen molar-refractivity contribution in [3.63, 3.8) is 0 Å². The van der Waals surface area contributed by atoms with Gasteiger partial charge < -0.3 is 20.5 Å². The summed E-state index contributed by atoms with van der Waals surface area (Å²) >= 11 is 0. The number of hydrogen-bond donors (Lipinski definition) is 3. The number of carbonyl (C=O) groups is 2. The first kappa shape index (κ1) is 11.9. The van der Waals surface area contributed by atoms with E-state index in [-0.39, 0.29) is 12.7 Å². The fraction of sp³-hybridized carbons (Fsp3) is 0.750. The normalized spacial score (nSPS) is 20.9. The summed E-state index contributed by atoms with van der Waals surface area (Å²) in [7, 11) is 0. The zero-order valence-electron chi connectivity index (χ0n) is 8.32. The molecule has 0 aromatic rings. The Hall–Kier alpha value is -1.18. The maximum atomic E-state index is 10.9. The van der Waals surface area contributed by atoms with Crippen LogP contribution in [-0.4, -0.2) is 51.0 Å². The fourth-order valence-electron chi connectivity index (χ4n) is 1.18. The van der Waals surface area contributed by atoms with Crippen molar-refractivity contribution < 1.29 is 19.1 Å². The van der Waals surface area contributed by atoms with E-state index in [1.807, 2.05) is 5.32 Å². The summed E-state index contributed by atoms with van der Waals surface area (Å²) in [4.78, 5) is 21.2. The molecule has 1 heterocycles. The van der Waals surface area contributed by atoms with Gasteiger partial charge in [0.05, 0.1) is 19.3 Å². The number of carbonyl (C=O) groups excluding carboxylic acids is 2. The number of amides is 3. The molecule has 0 spiro atoms. The van der Waals surface area contributed by atoms with Crippen LogP contribution in [0.1, 0.15) is 0 Å². The molecule has 0 radical (unpaired) electrons. The minimum absolute atomic E-state index is 0.0415. The van der Waals surface area contributed by atoms with Crippen LogP contribution >= 0.6 is 0 Å². The molecule has 0 bridgehead atoms. The highest BCUT2D eigenvalue weighted by atomic mass is 16.5. The largest absolute Gasteiger partial charge is 0.373 e. The first-order valence-corrected chi connectivity index (χ1v) is 4.68. The molecule has 0 aromatic heterocycles. The van der Waals surface area contributed by atoms with Crippen LogP contribution in [0.2, 0.25) is 0 Å². The van der Waals surface area contributed by atoms with Gasteiger partial charge in [-0.15, -0.1) is 0 Å². The second-order valence-electron chi connectivity index (χ2n) is 3.12. The van der Waals surface area contributed by atoms with Gasteiger partial charge in [0.1, 0.15) is 6.61 Å². The van der Waals surface area contributed by atoms with Crippen LogP contribution in [0.15, 0.2) is 0 Å². The Balaban J connectivity index is 2.04. The molecule has 0 saturated carbocycles. The van der Waals surface area contributed by atoms with Crippen LogP contribution in [-0.2, 0) is 14.3 Å². The van der Waals surface area contributed by atoms with Gasteiger partial charge in [0.2, 0.25) is 0 Å². The molecule has 86 valence electrons. The van der Waals surface area contributed by atoms with E-state index < -0.39 is 11.9 Å². The van der Waals surface area contributed by atoms with Gasteiger partial charge in [-0.05, 0) is 0 Å². The van der Waals surface area contributed by atoms with Gasteiger partial charge in [0.15, 0.2) is 0 Å². The first-order chi connectivity index (χ1) is 7.18. The van der Waals surface area contributed by atoms with Gasteiger partial charge >= 0.3 is 6.03 Å². The Morgan fingerprint density at radius 2 is 2.40 bits per heavy atom. The number of primary amides is 1. The highest BCUT2D eigenvalue weighted by molar-refractivity contribution is 5.94. The predicted octanol–water partition coefficient (Wildman–Crippen LogP) is -1.81. The molecule has 4 N–H and O–H groups in total. The Morgan fingerprint density at radius 3 is 3.00 bits per heavy atom. The van der Waals surface area contributed by atoms with Gasteiger partial charge in [-0.2, -0.15) is 0 Å². The van der Waals surface area contributed by atoms with Gasteiger partial charge in [-0.25, -0.2) is 4.79 Å². The lowest BCUT2D eigenvalue weighted by atomic mass is 10.3. The lowest BCUT2D eigenvalue weighted by Gasteiger charge is -2.23. The summed E-state index contributed by atoms with van der Waals surface area (Å²) in [6.07, 6.45) is -0.0415. The van der Waals surface area contributed by atoms with Crippen molar-refractivity contribution in [2.45, 2.75) is 6.10 Å². The zero-order valence-corrected chi connectivity index (χ0v) is 8.32. The van der Waals surface area contributed by atoms with Crippen LogP contribution < -0.4 is 16.4 Å². The number of imide groups is 1. The van der Waals surface area contributed by atoms with Crippen LogP contribution in [0.25, 0.3) is 0 Å². The Morgan fingerprint density at radius 1 is 1.60 bits per heavy atom. The Bertz CT molecular complexity index is 228. The Labute approximate surface area is 87.3 Å². The number of urea groups is 1. The lowest BCUT2D eigenvalue weighted by molar-refractivity contribution is -0.126. The average Bonchev–Trinajstić information content (AvgIpc) is 2.18. The molecular formula is C8H15N3O4. The summed E-state index contributed by atoms with van der Waals surface area (Å²) in [6, 6.07) is -0.876. The van der Waals surface area contributed by atoms with E-state index in [0.717, 1.165) is 6.54 Å². The second-order valence-corrected chi connectivity index (χ2v) is 3.12. The quantitative estimate of drug-likeness (QED) is 0.515. The summed E-state index contributed by atoms with van der Waals surface area (Å²) in [5.74, 6) is -0.550. The van der Waals surface area contributed by atoms with Crippen molar-refractivity contribution in [3.05, 3.63) is 0 Å². The lowest BCUT2D eigenvalue weighted by Crippen LogP contribution is -2.42. The summed E-state index contributed by atoms with van der Waals surface area (Å²) in [5.41, 5.74) is 4.75. The number of rotatable bonds is 4. The number of morpholine rings is 1. The minimum Gasteiger partial charge on any atom is -0.373 e. The van der Waals surface area contributed by atoms with Crippen molar-refractivity contribution in [1.82, 2.24) is 10.6 Å². The molecule has 3 amide bonds. The monoisotopic (exact) mass is 217 g/mol. The summed E-state index contributed by atoms with van der Waals surface area (Å²) in [6.45, 7) is 2.31. The van der Waals surface area contributed by atoms with E-state index in [0.29, 0.717) is 19.8 Å². The number of nitrogens with one attached hydrogen (secondary N) is 2. The minimum atomic E-state index is -0.876. The fourth-order valence-corrected chi connectivity index (χ4v) is 1.18. The average molecular weight is 217 g/mol. The molecule has 0 aromatic carbocycles. The molecule has 7 nitrogen and oxygen atoms in total. The van der Waals surface area contributed by atoms with Gasteiger partial charge in [-0.1, -0.05) is 0 Å². The summed E-state index contributed by atoms with van der Waals surface area (Å²) in [5, 5.41) is 5.02. The summed E-state index contributed by atoms with van der Waals surface area (Å²) < 4.78 is 10.4. The third kappa shape index (κ3) is 5.31. The highest BCUT2D eigenvalue weighted by Crippen LogP contribution is 1.96. The smallest absolute Gasteiger partial charge is 0.318 e. The zero-order chi connectivity index (χ0) is 11.1. The van der Waals surface area contributed by atoms with E-state index in [1.165, 1.54) is 0 Å². The van der Waals surface area contributed by atoms with Gasteiger partial charge in [-0.3, -0.25) is 10.1 Å².